The number of nitrogens with one attached hydrogen (secondary N) is 3. The van der Waals surface area contributed by atoms with Gasteiger partial charge in [0, 0.05) is 16.1 Å². The molecule has 0 bridgehead atoms. The van der Waals surface area contributed by atoms with Gasteiger partial charge in [-0.15, -0.1) is 11.8 Å². The van der Waals surface area contributed by atoms with Gasteiger partial charge >= 0.3 is 0 Å². The molecule has 3 amide bonds. The van der Waals surface area contributed by atoms with Crippen molar-refractivity contribution in [3.05, 3.63) is 150 Å². The number of hydrogen-bond acceptors (Lipinski definition) is 5. The number of carbonyl (C=O) groups excluding carboxylic acids is 3. The normalized spacial score (nSPS) is 11.7. The summed E-state index contributed by atoms with van der Waals surface area (Å²) >= 11 is 1.39. The minimum Gasteiger partial charge on any atom is -0.495 e. The zero-order chi connectivity index (χ0) is 32.3. The molecule has 46 heavy (non-hydrogen) atoms. The zero-order valence-corrected chi connectivity index (χ0v) is 26.2. The van der Waals surface area contributed by atoms with E-state index < -0.39 is 11.8 Å². The number of anilines is 2. The standard InChI is InChI=1S/C38H33N3O4S/c1-26(36(42)40-33-15-9-10-16-35(33)45-2)46-32-23-21-31(22-24-32)39-38(44)34(41-37(43)30-13-7-4-8-14-30)25-27-17-19-29(20-18-27)28-11-5-3-6-12-28/h3-26H,1-2H3,(H,39,44)(H,40,42)(H,41,43)/b34-25-. The van der Waals surface area contributed by atoms with Crippen molar-refractivity contribution in [1.29, 1.82) is 0 Å². The van der Waals surface area contributed by atoms with Crippen LogP contribution in [0.2, 0.25) is 0 Å². The second-order valence-electron chi connectivity index (χ2n) is 10.3. The lowest BCUT2D eigenvalue weighted by molar-refractivity contribution is -0.115. The fourth-order valence-electron chi connectivity index (χ4n) is 4.57. The van der Waals surface area contributed by atoms with Gasteiger partial charge in [-0.1, -0.05) is 84.9 Å². The third kappa shape index (κ3) is 8.52. The molecule has 0 radical (unpaired) electrons. The first kappa shape index (κ1) is 31.8. The van der Waals surface area contributed by atoms with Gasteiger partial charge in [0.1, 0.15) is 11.4 Å². The van der Waals surface area contributed by atoms with Gasteiger partial charge in [0.05, 0.1) is 18.0 Å². The van der Waals surface area contributed by atoms with E-state index in [0.29, 0.717) is 22.7 Å². The molecule has 5 aromatic carbocycles. The monoisotopic (exact) mass is 627 g/mol. The van der Waals surface area contributed by atoms with Crippen molar-refractivity contribution >= 4 is 46.9 Å². The van der Waals surface area contributed by atoms with Crippen molar-refractivity contribution in [3.63, 3.8) is 0 Å². The predicted octanol–water partition coefficient (Wildman–Crippen LogP) is 7.89. The van der Waals surface area contributed by atoms with Crippen LogP contribution in [0.4, 0.5) is 11.4 Å². The highest BCUT2D eigenvalue weighted by molar-refractivity contribution is 8.00. The highest BCUT2D eigenvalue weighted by Gasteiger charge is 2.18. The number of ether oxygens (including phenoxy) is 1. The SMILES string of the molecule is COc1ccccc1NC(=O)C(C)Sc1ccc(NC(=O)/C(=C/c2ccc(-c3ccccc3)cc2)NC(=O)c2ccccc2)cc1. The summed E-state index contributed by atoms with van der Waals surface area (Å²) in [6.45, 7) is 1.82. The third-order valence-corrected chi connectivity index (χ3v) is 8.13. The Morgan fingerprint density at radius 1 is 0.696 bits per heavy atom. The molecule has 0 heterocycles. The average Bonchev–Trinajstić information content (AvgIpc) is 3.10. The fraction of sp³-hybridized carbons (Fsp3) is 0.0789. The molecule has 230 valence electrons. The lowest BCUT2D eigenvalue weighted by Gasteiger charge is -2.15. The molecular formula is C38H33N3O4S. The van der Waals surface area contributed by atoms with Crippen LogP contribution in [0.1, 0.15) is 22.8 Å². The molecule has 1 atom stereocenters. The fourth-order valence-corrected chi connectivity index (χ4v) is 5.43. The molecule has 0 aliphatic heterocycles. The Morgan fingerprint density at radius 3 is 1.98 bits per heavy atom. The largest absolute Gasteiger partial charge is 0.495 e. The lowest BCUT2D eigenvalue weighted by atomic mass is 10.0. The van der Waals surface area contributed by atoms with Crippen LogP contribution in [0.25, 0.3) is 17.2 Å². The van der Waals surface area contributed by atoms with E-state index in [4.69, 9.17) is 4.74 Å². The van der Waals surface area contributed by atoms with Gasteiger partial charge in [-0.05, 0) is 78.2 Å². The van der Waals surface area contributed by atoms with E-state index in [1.165, 1.54) is 11.8 Å². The predicted molar refractivity (Wildman–Crippen MR) is 186 cm³/mol. The van der Waals surface area contributed by atoms with E-state index in [1.807, 2.05) is 91.9 Å². The molecule has 8 heteroatoms. The molecule has 0 saturated heterocycles. The first-order valence-corrected chi connectivity index (χ1v) is 15.5. The van der Waals surface area contributed by atoms with Crippen molar-refractivity contribution in [2.45, 2.75) is 17.1 Å². The van der Waals surface area contributed by atoms with E-state index >= 15 is 0 Å². The molecule has 1 unspecified atom stereocenters. The highest BCUT2D eigenvalue weighted by atomic mass is 32.2. The molecule has 0 aliphatic carbocycles. The Labute approximate surface area is 272 Å². The number of methoxy groups -OCH3 is 1. The average molecular weight is 628 g/mol. The number of hydrogen-bond donors (Lipinski definition) is 3. The zero-order valence-electron chi connectivity index (χ0n) is 25.4. The summed E-state index contributed by atoms with van der Waals surface area (Å²) in [4.78, 5) is 40.2. The van der Waals surface area contributed by atoms with Crippen LogP contribution in [0, 0.1) is 0 Å². The van der Waals surface area contributed by atoms with E-state index in [2.05, 4.69) is 16.0 Å². The summed E-state index contributed by atoms with van der Waals surface area (Å²) in [5.41, 5.74) is 4.57. The second kappa shape index (κ2) is 15.4. The van der Waals surface area contributed by atoms with Crippen molar-refractivity contribution < 1.29 is 19.1 Å². The van der Waals surface area contributed by atoms with Crippen LogP contribution in [-0.4, -0.2) is 30.1 Å². The molecule has 0 aliphatic rings. The van der Waals surface area contributed by atoms with Crippen LogP contribution in [-0.2, 0) is 9.59 Å². The van der Waals surface area contributed by atoms with Gasteiger partial charge in [0.15, 0.2) is 0 Å². The van der Waals surface area contributed by atoms with Gasteiger partial charge < -0.3 is 20.7 Å². The maximum absolute atomic E-state index is 13.5. The van der Waals surface area contributed by atoms with Gasteiger partial charge in [0.25, 0.3) is 11.8 Å². The summed E-state index contributed by atoms with van der Waals surface area (Å²) in [6, 6.07) is 40.9. The second-order valence-corrected chi connectivity index (χ2v) is 11.7. The summed E-state index contributed by atoms with van der Waals surface area (Å²) in [5.74, 6) is -0.435. The molecular weight excluding hydrogens is 595 g/mol. The minimum absolute atomic E-state index is 0.0985. The van der Waals surface area contributed by atoms with Crippen LogP contribution in [0.3, 0.4) is 0 Å². The van der Waals surface area contributed by atoms with Crippen molar-refractivity contribution in [1.82, 2.24) is 5.32 Å². The Morgan fingerprint density at radius 2 is 1.30 bits per heavy atom. The summed E-state index contributed by atoms with van der Waals surface area (Å²) in [6.07, 6.45) is 1.65. The highest BCUT2D eigenvalue weighted by Crippen LogP contribution is 2.28. The number of amides is 3. The summed E-state index contributed by atoms with van der Waals surface area (Å²) in [7, 11) is 1.56. The Hall–Kier alpha value is -5.60. The molecule has 0 fully saturated rings. The first-order chi connectivity index (χ1) is 22.4. The minimum atomic E-state index is -0.471. The number of rotatable bonds is 11. The molecule has 0 spiro atoms. The van der Waals surface area contributed by atoms with E-state index in [-0.39, 0.29) is 16.9 Å². The first-order valence-electron chi connectivity index (χ1n) is 14.6. The molecule has 7 nitrogen and oxygen atoms in total. The van der Waals surface area contributed by atoms with Crippen LogP contribution < -0.4 is 20.7 Å². The van der Waals surface area contributed by atoms with Crippen LogP contribution >= 0.6 is 11.8 Å². The Kier molecular flexibility index (Phi) is 10.7. The van der Waals surface area contributed by atoms with E-state index in [1.54, 1.807) is 61.7 Å². The Bertz CT molecular complexity index is 1820. The van der Waals surface area contributed by atoms with Gasteiger partial charge in [-0.25, -0.2) is 0 Å². The van der Waals surface area contributed by atoms with Gasteiger partial charge in [0.2, 0.25) is 5.91 Å². The molecule has 5 rings (SSSR count). The Balaban J connectivity index is 1.28. The number of para-hydroxylation sites is 2. The molecule has 3 N–H and O–H groups in total. The smallest absolute Gasteiger partial charge is 0.272 e. The molecule has 5 aromatic rings. The van der Waals surface area contributed by atoms with Crippen molar-refractivity contribution in [3.8, 4) is 16.9 Å². The quantitative estimate of drug-likeness (QED) is 0.102. The topological polar surface area (TPSA) is 96.5 Å². The molecule has 0 aromatic heterocycles. The lowest BCUT2D eigenvalue weighted by Crippen LogP contribution is -2.30. The number of thioether (sulfide) groups is 1. The van der Waals surface area contributed by atoms with Crippen LogP contribution in [0.15, 0.2) is 144 Å². The van der Waals surface area contributed by atoms with E-state index in [9.17, 15) is 14.4 Å². The van der Waals surface area contributed by atoms with Gasteiger partial charge in [-0.3, -0.25) is 14.4 Å². The van der Waals surface area contributed by atoms with E-state index in [0.717, 1.165) is 21.6 Å². The summed E-state index contributed by atoms with van der Waals surface area (Å²) < 4.78 is 5.32. The number of carbonyl (C=O) groups is 3. The molecule has 0 saturated carbocycles. The maximum Gasteiger partial charge on any atom is 0.272 e. The van der Waals surface area contributed by atoms with Crippen LogP contribution in [0.5, 0.6) is 5.75 Å². The van der Waals surface area contributed by atoms with Crippen molar-refractivity contribution in [2.75, 3.05) is 17.7 Å². The third-order valence-electron chi connectivity index (χ3n) is 7.02. The van der Waals surface area contributed by atoms with Gasteiger partial charge in [-0.2, -0.15) is 0 Å². The number of benzene rings is 5. The summed E-state index contributed by atoms with van der Waals surface area (Å²) in [5, 5.41) is 8.18. The van der Waals surface area contributed by atoms with Crippen molar-refractivity contribution in [2.24, 2.45) is 0 Å². The maximum atomic E-state index is 13.5.